The molecule has 2 aromatic carbocycles. The van der Waals surface area contributed by atoms with Gasteiger partial charge in [0, 0.05) is 13.1 Å². The molecule has 156 valence electrons. The maximum atomic E-state index is 13.5. The van der Waals surface area contributed by atoms with Gasteiger partial charge in [-0.05, 0) is 61.4 Å². The fourth-order valence-electron chi connectivity index (χ4n) is 4.50. The molecule has 2 amide bonds. The van der Waals surface area contributed by atoms with Crippen molar-refractivity contribution in [2.24, 2.45) is 5.92 Å². The van der Waals surface area contributed by atoms with Gasteiger partial charge in [0.05, 0.1) is 12.1 Å². The lowest BCUT2D eigenvalue weighted by Crippen LogP contribution is -2.39. The van der Waals surface area contributed by atoms with Crippen LogP contribution < -0.4 is 0 Å². The maximum Gasteiger partial charge on any atom is 0.278 e. The van der Waals surface area contributed by atoms with Crippen LogP contribution >= 0.6 is 0 Å². The molecule has 0 aliphatic carbocycles. The summed E-state index contributed by atoms with van der Waals surface area (Å²) in [6.45, 7) is 7.86. The van der Waals surface area contributed by atoms with E-state index in [0.29, 0.717) is 17.2 Å². The highest BCUT2D eigenvalue weighted by atomic mass is 19.1. The lowest BCUT2D eigenvalue weighted by molar-refractivity contribution is -0.138. The predicted octanol–water partition coefficient (Wildman–Crippen LogP) is 4.45. The van der Waals surface area contributed by atoms with Crippen LogP contribution in [-0.4, -0.2) is 34.7 Å². The maximum absolute atomic E-state index is 13.5. The van der Waals surface area contributed by atoms with Gasteiger partial charge in [0.1, 0.15) is 11.5 Å². The molecular weight excluding hydrogens is 379 g/mol. The largest absolute Gasteiger partial charge is 0.366 e. The first-order chi connectivity index (χ1) is 14.3. The summed E-state index contributed by atoms with van der Waals surface area (Å²) < 4.78 is 13.3. The Balaban J connectivity index is 1.76. The monoisotopic (exact) mass is 406 g/mol. The summed E-state index contributed by atoms with van der Waals surface area (Å²) in [4.78, 5) is 30.4. The second-order valence-electron chi connectivity index (χ2n) is 8.56. The zero-order chi connectivity index (χ0) is 21.4. The Morgan fingerprint density at radius 1 is 1.03 bits per heavy atom. The number of likely N-dealkylation sites (tertiary alicyclic amines) is 1. The third-order valence-electron chi connectivity index (χ3n) is 6.02. The quantitative estimate of drug-likeness (QED) is 0.704. The normalized spacial score (nSPS) is 19.8. The smallest absolute Gasteiger partial charge is 0.278 e. The van der Waals surface area contributed by atoms with Crippen molar-refractivity contribution in [2.45, 2.75) is 40.2 Å². The molecule has 0 radical (unpaired) electrons. The number of carbonyl (C=O) groups is 2. The van der Waals surface area contributed by atoms with Gasteiger partial charge >= 0.3 is 0 Å². The van der Waals surface area contributed by atoms with E-state index < -0.39 is 0 Å². The minimum Gasteiger partial charge on any atom is -0.366 e. The van der Waals surface area contributed by atoms with Crippen molar-refractivity contribution in [3.05, 3.63) is 76.2 Å². The number of halogens is 1. The molecule has 2 aliphatic heterocycles. The summed E-state index contributed by atoms with van der Waals surface area (Å²) >= 11 is 0. The van der Waals surface area contributed by atoms with Gasteiger partial charge in [-0.25, -0.2) is 4.39 Å². The predicted molar refractivity (Wildman–Crippen MR) is 115 cm³/mol. The Morgan fingerprint density at radius 2 is 1.77 bits per heavy atom. The molecule has 0 spiro atoms. The molecule has 0 N–H and O–H groups in total. The zero-order valence-corrected chi connectivity index (χ0v) is 17.7. The van der Waals surface area contributed by atoms with Gasteiger partial charge < -0.3 is 4.90 Å². The summed E-state index contributed by atoms with van der Waals surface area (Å²) in [6.07, 6.45) is 2.13. The number of amides is 2. The molecule has 1 fully saturated rings. The Hall–Kier alpha value is -2.95. The molecule has 1 saturated heterocycles. The number of nitrogens with zero attached hydrogens (tertiary/aromatic N) is 2. The highest BCUT2D eigenvalue weighted by Crippen LogP contribution is 2.36. The standard InChI is InChI=1S/C25H27FN2O2/c1-16-6-11-21(18(3)13-16)22-23(27-12-4-5-17(2)14-27)25(30)28(24(22)29)15-19-7-9-20(26)10-8-19/h6-11,13,17H,4-5,12,14-15H2,1-3H3. The van der Waals surface area contributed by atoms with Crippen LogP contribution in [0.2, 0.25) is 0 Å². The van der Waals surface area contributed by atoms with E-state index in [0.717, 1.165) is 48.2 Å². The van der Waals surface area contributed by atoms with Crippen LogP contribution in [0.3, 0.4) is 0 Å². The topological polar surface area (TPSA) is 40.6 Å². The average molecular weight is 407 g/mol. The molecule has 1 unspecified atom stereocenters. The lowest BCUT2D eigenvalue weighted by atomic mass is 9.95. The molecule has 5 heteroatoms. The molecule has 0 aromatic heterocycles. The van der Waals surface area contributed by atoms with E-state index in [2.05, 4.69) is 11.8 Å². The third kappa shape index (κ3) is 3.76. The van der Waals surface area contributed by atoms with Crippen LogP contribution in [-0.2, 0) is 16.1 Å². The summed E-state index contributed by atoms with van der Waals surface area (Å²) in [5, 5.41) is 0. The van der Waals surface area contributed by atoms with Crippen LogP contribution in [0.25, 0.3) is 5.57 Å². The molecule has 0 bridgehead atoms. The van der Waals surface area contributed by atoms with E-state index in [1.165, 1.54) is 17.0 Å². The second-order valence-corrected chi connectivity index (χ2v) is 8.56. The summed E-state index contributed by atoms with van der Waals surface area (Å²) in [6, 6.07) is 11.9. The van der Waals surface area contributed by atoms with Crippen LogP contribution in [0.4, 0.5) is 4.39 Å². The van der Waals surface area contributed by atoms with E-state index in [-0.39, 0.29) is 24.2 Å². The molecule has 2 aliphatic rings. The first-order valence-electron chi connectivity index (χ1n) is 10.5. The highest BCUT2D eigenvalue weighted by Gasteiger charge is 2.42. The van der Waals surface area contributed by atoms with Gasteiger partial charge in [-0.15, -0.1) is 0 Å². The van der Waals surface area contributed by atoms with Crippen molar-refractivity contribution < 1.29 is 14.0 Å². The molecule has 1 atom stereocenters. The van der Waals surface area contributed by atoms with Gasteiger partial charge in [0.15, 0.2) is 0 Å². The van der Waals surface area contributed by atoms with Crippen LogP contribution in [0.15, 0.2) is 48.2 Å². The highest BCUT2D eigenvalue weighted by molar-refractivity contribution is 6.35. The SMILES string of the molecule is Cc1ccc(C2=C(N3CCCC(C)C3)C(=O)N(Cc3ccc(F)cc3)C2=O)c(C)c1. The van der Waals surface area contributed by atoms with Crippen LogP contribution in [0.1, 0.15) is 42.0 Å². The number of hydrogen-bond acceptors (Lipinski definition) is 3. The van der Waals surface area contributed by atoms with E-state index >= 15 is 0 Å². The van der Waals surface area contributed by atoms with Gasteiger partial charge in [0.2, 0.25) is 0 Å². The number of aryl methyl sites for hydroxylation is 2. The van der Waals surface area contributed by atoms with Gasteiger partial charge in [-0.2, -0.15) is 0 Å². The first kappa shape index (κ1) is 20.3. The first-order valence-corrected chi connectivity index (χ1v) is 10.5. The van der Waals surface area contributed by atoms with Crippen molar-refractivity contribution in [3.8, 4) is 0 Å². The summed E-state index contributed by atoms with van der Waals surface area (Å²) in [5.41, 5.74) is 4.65. The molecule has 2 heterocycles. The second kappa shape index (κ2) is 8.05. The average Bonchev–Trinajstić information content (AvgIpc) is 2.94. The molecule has 4 nitrogen and oxygen atoms in total. The third-order valence-corrected chi connectivity index (χ3v) is 6.02. The van der Waals surface area contributed by atoms with Crippen LogP contribution in [0, 0.1) is 25.6 Å². The van der Waals surface area contributed by atoms with Gasteiger partial charge in [-0.3, -0.25) is 14.5 Å². The van der Waals surface area contributed by atoms with Crippen LogP contribution in [0.5, 0.6) is 0 Å². The van der Waals surface area contributed by atoms with E-state index in [4.69, 9.17) is 0 Å². The lowest BCUT2D eigenvalue weighted by Gasteiger charge is -2.33. The van der Waals surface area contributed by atoms with Crippen molar-refractivity contribution in [1.29, 1.82) is 0 Å². The van der Waals surface area contributed by atoms with Gasteiger partial charge in [-0.1, -0.05) is 42.8 Å². The molecule has 30 heavy (non-hydrogen) atoms. The van der Waals surface area contributed by atoms with E-state index in [1.54, 1.807) is 12.1 Å². The number of imide groups is 1. The van der Waals surface area contributed by atoms with Crippen molar-refractivity contribution >= 4 is 17.4 Å². The summed E-state index contributed by atoms with van der Waals surface area (Å²) in [7, 11) is 0. The van der Waals surface area contributed by atoms with E-state index in [9.17, 15) is 14.0 Å². The number of benzene rings is 2. The molecule has 2 aromatic rings. The van der Waals surface area contributed by atoms with Crippen molar-refractivity contribution in [2.75, 3.05) is 13.1 Å². The Bertz CT molecular complexity index is 1030. The molecule has 0 saturated carbocycles. The van der Waals surface area contributed by atoms with Gasteiger partial charge in [0.25, 0.3) is 11.8 Å². The zero-order valence-electron chi connectivity index (χ0n) is 17.7. The fraction of sp³-hybridized carbons (Fsp3) is 0.360. The number of hydrogen-bond donors (Lipinski definition) is 0. The molecule has 4 rings (SSSR count). The fourth-order valence-corrected chi connectivity index (χ4v) is 4.50. The number of carbonyl (C=O) groups excluding carboxylic acids is 2. The minimum absolute atomic E-state index is 0.138. The Labute approximate surface area is 177 Å². The number of piperidine rings is 1. The number of rotatable bonds is 4. The summed E-state index contributed by atoms with van der Waals surface area (Å²) in [5.74, 6) is -0.395. The molecular formula is C25H27FN2O2. The Morgan fingerprint density at radius 3 is 2.43 bits per heavy atom. The minimum atomic E-state index is -0.338. The van der Waals surface area contributed by atoms with Crippen molar-refractivity contribution in [1.82, 2.24) is 9.80 Å². The Kier molecular flexibility index (Phi) is 5.46. The van der Waals surface area contributed by atoms with Crippen molar-refractivity contribution in [3.63, 3.8) is 0 Å². The van der Waals surface area contributed by atoms with E-state index in [1.807, 2.05) is 32.0 Å².